The van der Waals surface area contributed by atoms with E-state index in [0.29, 0.717) is 16.8 Å². The number of carbonyl (C=O) groups is 2. The van der Waals surface area contributed by atoms with E-state index in [1.54, 1.807) is 18.2 Å². The van der Waals surface area contributed by atoms with Gasteiger partial charge in [0.25, 0.3) is 0 Å². The molecule has 0 amide bonds. The number of fused-ring (bicyclic) bond motifs is 3. The summed E-state index contributed by atoms with van der Waals surface area (Å²) in [5.74, 6) is -1.02. The van der Waals surface area contributed by atoms with Gasteiger partial charge in [0.05, 0.1) is 11.3 Å². The molecule has 0 atom stereocenters. The Balaban J connectivity index is 2.41. The van der Waals surface area contributed by atoms with Crippen LogP contribution in [0.25, 0.3) is 11.3 Å². The molecule has 1 heterocycles. The Morgan fingerprint density at radius 3 is 2.38 bits per heavy atom. The second-order valence-electron chi connectivity index (χ2n) is 3.49. The summed E-state index contributed by atoms with van der Waals surface area (Å²) >= 11 is 0. The molecule has 1 aromatic carbocycles. The lowest BCUT2D eigenvalue weighted by Crippen LogP contribution is -2.22. The Labute approximate surface area is 91.0 Å². The summed E-state index contributed by atoms with van der Waals surface area (Å²) in [5.41, 5.74) is 1.93. The summed E-state index contributed by atoms with van der Waals surface area (Å²) in [6.07, 6.45) is 2.76. The number of Topliss-reactive ketones (excluding diaryl/α,β-unsaturated/α-hetero) is 2. The molecular weight excluding hydrogens is 204 g/mol. The maximum Gasteiger partial charge on any atom is 0.237 e. The number of rotatable bonds is 0. The summed E-state index contributed by atoms with van der Waals surface area (Å²) in [4.78, 5) is 31.4. The van der Waals surface area contributed by atoms with E-state index < -0.39 is 11.6 Å². The van der Waals surface area contributed by atoms with E-state index in [2.05, 4.69) is 9.97 Å². The molecule has 0 radical (unpaired) electrons. The molecule has 4 heteroatoms. The summed E-state index contributed by atoms with van der Waals surface area (Å²) < 4.78 is 0. The minimum Gasteiger partial charge on any atom is -0.285 e. The van der Waals surface area contributed by atoms with Crippen molar-refractivity contribution >= 4 is 11.6 Å². The van der Waals surface area contributed by atoms with Gasteiger partial charge in [0.2, 0.25) is 11.6 Å². The first kappa shape index (κ1) is 8.91. The predicted octanol–water partition coefficient (Wildman–Crippen LogP) is 1.52. The van der Waals surface area contributed by atoms with Gasteiger partial charge in [-0.1, -0.05) is 24.3 Å². The third-order valence-electron chi connectivity index (χ3n) is 2.59. The van der Waals surface area contributed by atoms with Crippen molar-refractivity contribution in [2.24, 2.45) is 0 Å². The second-order valence-corrected chi connectivity index (χ2v) is 3.49. The quantitative estimate of drug-likeness (QED) is 0.618. The minimum atomic E-state index is -0.533. The zero-order chi connectivity index (χ0) is 11.1. The van der Waals surface area contributed by atoms with Gasteiger partial charge in [-0.3, -0.25) is 9.59 Å². The number of aromatic nitrogens is 2. The van der Waals surface area contributed by atoms with Crippen molar-refractivity contribution in [3.05, 3.63) is 47.9 Å². The Hall–Kier alpha value is -2.36. The van der Waals surface area contributed by atoms with Crippen LogP contribution in [0.5, 0.6) is 0 Å². The van der Waals surface area contributed by atoms with E-state index >= 15 is 0 Å². The summed E-state index contributed by atoms with van der Waals surface area (Å²) in [5, 5.41) is 0. The van der Waals surface area contributed by atoms with Crippen LogP contribution in [0.1, 0.15) is 20.7 Å². The van der Waals surface area contributed by atoms with Crippen molar-refractivity contribution in [3.63, 3.8) is 0 Å². The van der Waals surface area contributed by atoms with Crippen molar-refractivity contribution in [2.45, 2.75) is 0 Å². The van der Waals surface area contributed by atoms with Gasteiger partial charge >= 0.3 is 0 Å². The lowest BCUT2D eigenvalue weighted by Gasteiger charge is -2.15. The summed E-state index contributed by atoms with van der Waals surface area (Å²) in [6, 6.07) is 6.97. The molecule has 0 bridgehead atoms. The molecule has 1 aromatic heterocycles. The van der Waals surface area contributed by atoms with Gasteiger partial charge in [0.15, 0.2) is 0 Å². The van der Waals surface area contributed by atoms with Crippen molar-refractivity contribution in [1.29, 1.82) is 0 Å². The Morgan fingerprint density at radius 2 is 1.56 bits per heavy atom. The molecule has 3 rings (SSSR count). The zero-order valence-corrected chi connectivity index (χ0v) is 8.18. The monoisotopic (exact) mass is 210 g/mol. The van der Waals surface area contributed by atoms with Crippen molar-refractivity contribution in [3.8, 4) is 11.3 Å². The van der Waals surface area contributed by atoms with Crippen molar-refractivity contribution in [1.82, 2.24) is 9.97 Å². The van der Waals surface area contributed by atoms with Crippen LogP contribution < -0.4 is 0 Å². The van der Waals surface area contributed by atoms with Crippen LogP contribution in [0.2, 0.25) is 0 Å². The Morgan fingerprint density at radius 1 is 0.875 bits per heavy atom. The van der Waals surface area contributed by atoms with Crippen LogP contribution in [-0.2, 0) is 0 Å². The third kappa shape index (κ3) is 1.04. The number of benzene rings is 1. The van der Waals surface area contributed by atoms with E-state index in [1.165, 1.54) is 12.5 Å². The van der Waals surface area contributed by atoms with Crippen LogP contribution in [0.15, 0.2) is 36.8 Å². The molecule has 0 N–H and O–H groups in total. The molecule has 0 aliphatic heterocycles. The van der Waals surface area contributed by atoms with Gasteiger partial charge in [-0.2, -0.15) is 0 Å². The summed E-state index contributed by atoms with van der Waals surface area (Å²) in [6.45, 7) is 0. The normalized spacial score (nSPS) is 13.2. The van der Waals surface area contributed by atoms with Gasteiger partial charge in [0, 0.05) is 17.3 Å². The zero-order valence-electron chi connectivity index (χ0n) is 8.18. The Kier molecular flexibility index (Phi) is 1.71. The average Bonchev–Trinajstić information content (AvgIpc) is 2.36. The summed E-state index contributed by atoms with van der Waals surface area (Å²) in [7, 11) is 0. The topological polar surface area (TPSA) is 59.9 Å². The fraction of sp³-hybridized carbons (Fsp3) is 0. The van der Waals surface area contributed by atoms with E-state index in [9.17, 15) is 9.59 Å². The first-order valence-electron chi connectivity index (χ1n) is 4.77. The van der Waals surface area contributed by atoms with E-state index in [-0.39, 0.29) is 5.56 Å². The smallest absolute Gasteiger partial charge is 0.237 e. The SMILES string of the molecule is O=C1C(=O)c2cncnc2-c2ccccc21. The van der Waals surface area contributed by atoms with Gasteiger partial charge in [0.1, 0.15) is 6.33 Å². The molecular formula is C12H6N2O2. The maximum atomic E-state index is 11.8. The molecule has 1 aliphatic carbocycles. The number of carbonyl (C=O) groups excluding carboxylic acids is 2. The van der Waals surface area contributed by atoms with Gasteiger partial charge in [-0.05, 0) is 0 Å². The minimum absolute atomic E-state index is 0.284. The predicted molar refractivity (Wildman–Crippen MR) is 56.1 cm³/mol. The standard InChI is InChI=1S/C12H6N2O2/c15-11-8-4-2-1-3-7(8)10-9(12(11)16)5-13-6-14-10/h1-6H. The highest BCUT2D eigenvalue weighted by Crippen LogP contribution is 2.30. The van der Waals surface area contributed by atoms with E-state index in [1.807, 2.05) is 6.07 Å². The molecule has 0 saturated carbocycles. The van der Waals surface area contributed by atoms with Crippen LogP contribution in [0.3, 0.4) is 0 Å². The molecule has 1 aliphatic rings. The average molecular weight is 210 g/mol. The number of nitrogens with zero attached hydrogens (tertiary/aromatic N) is 2. The Bertz CT molecular complexity index is 564. The lowest BCUT2D eigenvalue weighted by molar-refractivity contribution is 0.0815. The number of hydrogen-bond acceptors (Lipinski definition) is 4. The molecule has 0 saturated heterocycles. The number of hydrogen-bond donors (Lipinski definition) is 0. The first-order chi connectivity index (χ1) is 7.79. The van der Waals surface area contributed by atoms with Crippen molar-refractivity contribution < 1.29 is 9.59 Å². The number of ketones is 2. The molecule has 76 valence electrons. The maximum absolute atomic E-state index is 11.8. The van der Waals surface area contributed by atoms with Gasteiger partial charge < -0.3 is 0 Å². The highest BCUT2D eigenvalue weighted by Gasteiger charge is 2.30. The van der Waals surface area contributed by atoms with Crippen LogP contribution in [0, 0.1) is 0 Å². The second kappa shape index (κ2) is 3.06. The van der Waals surface area contributed by atoms with Gasteiger partial charge in [-0.25, -0.2) is 9.97 Å². The molecule has 0 spiro atoms. The molecule has 0 fully saturated rings. The van der Waals surface area contributed by atoms with E-state index in [4.69, 9.17) is 0 Å². The lowest BCUT2D eigenvalue weighted by atomic mass is 9.88. The highest BCUT2D eigenvalue weighted by molar-refractivity contribution is 6.52. The van der Waals surface area contributed by atoms with Crippen LogP contribution in [0.4, 0.5) is 0 Å². The molecule has 16 heavy (non-hydrogen) atoms. The van der Waals surface area contributed by atoms with Crippen LogP contribution >= 0.6 is 0 Å². The molecule has 4 nitrogen and oxygen atoms in total. The fourth-order valence-corrected chi connectivity index (χ4v) is 1.84. The largest absolute Gasteiger partial charge is 0.285 e. The first-order valence-corrected chi connectivity index (χ1v) is 4.77. The van der Waals surface area contributed by atoms with Gasteiger partial charge in [-0.15, -0.1) is 0 Å². The molecule has 2 aromatic rings. The third-order valence-corrected chi connectivity index (χ3v) is 2.59. The van der Waals surface area contributed by atoms with Crippen LogP contribution in [-0.4, -0.2) is 21.5 Å². The fourth-order valence-electron chi connectivity index (χ4n) is 1.84. The molecule has 0 unspecified atom stereocenters. The van der Waals surface area contributed by atoms with Crippen molar-refractivity contribution in [2.75, 3.05) is 0 Å². The highest BCUT2D eigenvalue weighted by atomic mass is 16.2. The van der Waals surface area contributed by atoms with E-state index in [0.717, 1.165) is 0 Å².